The summed E-state index contributed by atoms with van der Waals surface area (Å²) in [7, 11) is 0. The summed E-state index contributed by atoms with van der Waals surface area (Å²) in [6, 6.07) is 8.21. The first kappa shape index (κ1) is 8.78. The second kappa shape index (κ2) is 3.94. The van der Waals surface area contributed by atoms with E-state index in [4.69, 9.17) is 0 Å². The Kier molecular flexibility index (Phi) is 2.66. The molecule has 0 saturated heterocycles. The van der Waals surface area contributed by atoms with Crippen molar-refractivity contribution in [3.05, 3.63) is 36.9 Å². The molecule has 0 N–H and O–H groups in total. The summed E-state index contributed by atoms with van der Waals surface area (Å²) in [6.45, 7) is 3.69. The third-order valence-corrected chi connectivity index (χ3v) is 3.77. The molecule has 0 saturated carbocycles. The Labute approximate surface area is 85.5 Å². The first-order valence-corrected chi connectivity index (χ1v) is 5.79. The van der Waals surface area contributed by atoms with E-state index in [1.165, 1.54) is 4.70 Å². The van der Waals surface area contributed by atoms with Crippen LogP contribution in [0.1, 0.15) is 0 Å². The molecule has 0 atom stereocenters. The van der Waals surface area contributed by atoms with Crippen molar-refractivity contribution in [3.63, 3.8) is 0 Å². The number of rotatable bonds is 3. The van der Waals surface area contributed by atoms with Crippen LogP contribution in [0, 0.1) is 0 Å². The maximum absolute atomic E-state index is 4.48. The largest absolute Gasteiger partial charge is 0.230 e. The number of nitrogens with zero attached hydrogens (tertiary/aromatic N) is 1. The SMILES string of the molecule is C=CCSc1nc2ccccc2s1. The zero-order valence-electron chi connectivity index (χ0n) is 7.06. The van der Waals surface area contributed by atoms with E-state index in [1.807, 2.05) is 24.3 Å². The van der Waals surface area contributed by atoms with Crippen molar-refractivity contribution in [2.75, 3.05) is 5.75 Å². The highest BCUT2D eigenvalue weighted by Gasteiger charge is 2.01. The van der Waals surface area contributed by atoms with Crippen LogP contribution in [0.4, 0.5) is 0 Å². The standard InChI is InChI=1S/C10H9NS2/c1-2-7-12-10-11-8-5-3-4-6-9(8)13-10/h2-6H,1,7H2. The lowest BCUT2D eigenvalue weighted by Crippen LogP contribution is -1.70. The Bertz CT molecular complexity index is 387. The van der Waals surface area contributed by atoms with Crippen LogP contribution in [0.3, 0.4) is 0 Å². The molecule has 0 fully saturated rings. The Morgan fingerprint density at radius 3 is 3.08 bits per heavy atom. The highest BCUT2D eigenvalue weighted by atomic mass is 32.2. The molecule has 0 amide bonds. The Hall–Kier alpha value is -0.800. The summed E-state index contributed by atoms with van der Waals surface area (Å²) >= 11 is 3.48. The van der Waals surface area contributed by atoms with Crippen molar-refractivity contribution in [2.45, 2.75) is 4.34 Å². The molecule has 0 aliphatic rings. The van der Waals surface area contributed by atoms with Crippen molar-refractivity contribution in [2.24, 2.45) is 0 Å². The van der Waals surface area contributed by atoms with E-state index in [9.17, 15) is 0 Å². The van der Waals surface area contributed by atoms with Crippen LogP contribution >= 0.6 is 23.1 Å². The second-order valence-corrected chi connectivity index (χ2v) is 4.84. The van der Waals surface area contributed by atoms with Crippen molar-refractivity contribution in [1.29, 1.82) is 0 Å². The van der Waals surface area contributed by atoms with Crippen LogP contribution in [-0.2, 0) is 0 Å². The lowest BCUT2D eigenvalue weighted by atomic mass is 10.3. The molecule has 2 rings (SSSR count). The fourth-order valence-corrected chi connectivity index (χ4v) is 2.87. The topological polar surface area (TPSA) is 12.9 Å². The maximum atomic E-state index is 4.48. The van der Waals surface area contributed by atoms with E-state index in [0.29, 0.717) is 0 Å². The number of benzene rings is 1. The fraction of sp³-hybridized carbons (Fsp3) is 0.100. The number of thiazole rings is 1. The first-order valence-electron chi connectivity index (χ1n) is 3.99. The zero-order chi connectivity index (χ0) is 9.10. The van der Waals surface area contributed by atoms with E-state index < -0.39 is 0 Å². The van der Waals surface area contributed by atoms with Gasteiger partial charge in [0.1, 0.15) is 0 Å². The quantitative estimate of drug-likeness (QED) is 0.563. The van der Waals surface area contributed by atoms with Gasteiger partial charge in [-0.1, -0.05) is 30.0 Å². The van der Waals surface area contributed by atoms with E-state index >= 15 is 0 Å². The number of fused-ring (bicyclic) bond motifs is 1. The minimum Gasteiger partial charge on any atom is -0.230 e. The van der Waals surface area contributed by atoms with Crippen molar-refractivity contribution in [3.8, 4) is 0 Å². The average molecular weight is 207 g/mol. The summed E-state index contributed by atoms with van der Waals surface area (Å²) in [4.78, 5) is 4.48. The highest BCUT2D eigenvalue weighted by Crippen LogP contribution is 2.28. The van der Waals surface area contributed by atoms with Gasteiger partial charge in [0.2, 0.25) is 0 Å². The third-order valence-electron chi connectivity index (χ3n) is 1.60. The monoisotopic (exact) mass is 207 g/mol. The van der Waals surface area contributed by atoms with E-state index in [2.05, 4.69) is 17.6 Å². The smallest absolute Gasteiger partial charge is 0.151 e. The Balaban J connectivity index is 2.32. The predicted octanol–water partition coefficient (Wildman–Crippen LogP) is 3.57. The Morgan fingerprint density at radius 1 is 1.46 bits per heavy atom. The molecule has 2 aromatic rings. The molecule has 1 aromatic heterocycles. The summed E-state index contributed by atoms with van der Waals surface area (Å²) in [5, 5.41) is 0. The molecule has 0 aliphatic carbocycles. The molecular formula is C10H9NS2. The van der Waals surface area contributed by atoms with Gasteiger partial charge in [0.05, 0.1) is 10.2 Å². The van der Waals surface area contributed by atoms with Gasteiger partial charge < -0.3 is 0 Å². The van der Waals surface area contributed by atoms with Crippen LogP contribution in [0.25, 0.3) is 10.2 Å². The number of aromatic nitrogens is 1. The Morgan fingerprint density at radius 2 is 2.31 bits per heavy atom. The zero-order valence-corrected chi connectivity index (χ0v) is 8.70. The van der Waals surface area contributed by atoms with Gasteiger partial charge in [0.15, 0.2) is 4.34 Å². The van der Waals surface area contributed by atoms with Crippen LogP contribution in [0.5, 0.6) is 0 Å². The number of hydrogen-bond donors (Lipinski definition) is 0. The van der Waals surface area contributed by atoms with E-state index in [-0.39, 0.29) is 0 Å². The van der Waals surface area contributed by atoms with Gasteiger partial charge in [-0.25, -0.2) is 4.98 Å². The lowest BCUT2D eigenvalue weighted by molar-refractivity contribution is 1.30. The van der Waals surface area contributed by atoms with Gasteiger partial charge in [0, 0.05) is 5.75 Å². The molecule has 1 heterocycles. The van der Waals surface area contributed by atoms with Gasteiger partial charge in [-0.2, -0.15) is 0 Å². The molecule has 1 nitrogen and oxygen atoms in total. The lowest BCUT2D eigenvalue weighted by Gasteiger charge is -1.86. The maximum Gasteiger partial charge on any atom is 0.151 e. The summed E-state index contributed by atoms with van der Waals surface area (Å²) in [6.07, 6.45) is 1.90. The normalized spacial score (nSPS) is 10.5. The van der Waals surface area contributed by atoms with Crippen molar-refractivity contribution >= 4 is 33.3 Å². The average Bonchev–Trinajstić information content (AvgIpc) is 2.57. The van der Waals surface area contributed by atoms with Crippen LogP contribution in [0.2, 0.25) is 0 Å². The van der Waals surface area contributed by atoms with Gasteiger partial charge in [-0.3, -0.25) is 0 Å². The molecule has 3 heteroatoms. The number of para-hydroxylation sites is 1. The summed E-state index contributed by atoms with van der Waals surface area (Å²) in [5.41, 5.74) is 1.10. The third kappa shape index (κ3) is 1.92. The molecule has 0 aliphatic heterocycles. The van der Waals surface area contributed by atoms with E-state index in [0.717, 1.165) is 15.6 Å². The molecule has 66 valence electrons. The first-order chi connectivity index (χ1) is 6.40. The molecule has 0 bridgehead atoms. The fourth-order valence-electron chi connectivity index (χ4n) is 1.04. The van der Waals surface area contributed by atoms with Gasteiger partial charge in [0.25, 0.3) is 0 Å². The number of thioether (sulfide) groups is 1. The summed E-state index contributed by atoms with van der Waals surface area (Å²) < 4.78 is 2.38. The van der Waals surface area contributed by atoms with Crippen LogP contribution in [-0.4, -0.2) is 10.7 Å². The van der Waals surface area contributed by atoms with Gasteiger partial charge in [-0.05, 0) is 12.1 Å². The van der Waals surface area contributed by atoms with Gasteiger partial charge in [-0.15, -0.1) is 17.9 Å². The predicted molar refractivity (Wildman–Crippen MR) is 60.5 cm³/mol. The van der Waals surface area contributed by atoms with E-state index in [1.54, 1.807) is 23.1 Å². The van der Waals surface area contributed by atoms with Crippen molar-refractivity contribution < 1.29 is 0 Å². The minimum atomic E-state index is 0.930. The van der Waals surface area contributed by atoms with Crippen LogP contribution in [0.15, 0.2) is 41.3 Å². The molecule has 0 radical (unpaired) electrons. The summed E-state index contributed by atoms with van der Waals surface area (Å²) in [5.74, 6) is 0.930. The van der Waals surface area contributed by atoms with Crippen LogP contribution < -0.4 is 0 Å². The molecule has 0 unspecified atom stereocenters. The molecule has 13 heavy (non-hydrogen) atoms. The van der Waals surface area contributed by atoms with Crippen molar-refractivity contribution in [1.82, 2.24) is 4.98 Å². The molecule has 1 aromatic carbocycles. The molecular weight excluding hydrogens is 198 g/mol. The highest BCUT2D eigenvalue weighted by molar-refractivity contribution is 8.01. The minimum absolute atomic E-state index is 0.930. The molecule has 0 spiro atoms. The second-order valence-electron chi connectivity index (χ2n) is 2.55. The number of hydrogen-bond acceptors (Lipinski definition) is 3. The van der Waals surface area contributed by atoms with Gasteiger partial charge >= 0.3 is 0 Å².